The van der Waals surface area contributed by atoms with E-state index in [0.717, 1.165) is 25.7 Å². The van der Waals surface area contributed by atoms with Gasteiger partial charge in [-0.1, -0.05) is 6.08 Å². The van der Waals surface area contributed by atoms with Gasteiger partial charge in [-0.25, -0.2) is 9.79 Å². The number of amides is 2. The van der Waals surface area contributed by atoms with Crippen molar-refractivity contribution in [1.29, 1.82) is 0 Å². The molecule has 2 rings (SSSR count). The highest BCUT2D eigenvalue weighted by Gasteiger charge is 2.45. The average Bonchev–Trinajstić information content (AvgIpc) is 2.86. The van der Waals surface area contributed by atoms with Gasteiger partial charge in [-0.2, -0.15) is 0 Å². The second kappa shape index (κ2) is 9.30. The number of piperidine rings is 1. The third-order valence-electron chi connectivity index (χ3n) is 4.96. The highest BCUT2D eigenvalue weighted by atomic mass is 16.6. The van der Waals surface area contributed by atoms with Crippen LogP contribution in [0, 0.1) is 0 Å². The first-order valence-electron chi connectivity index (χ1n) is 9.98. The fraction of sp³-hybridized carbons (Fsp3) is 0.750. The van der Waals surface area contributed by atoms with Crippen molar-refractivity contribution in [3.05, 3.63) is 12.7 Å². The molecule has 0 radical (unpaired) electrons. The van der Waals surface area contributed by atoms with Crippen molar-refractivity contribution in [3.8, 4) is 0 Å². The van der Waals surface area contributed by atoms with E-state index in [4.69, 9.17) is 4.74 Å². The summed E-state index contributed by atoms with van der Waals surface area (Å²) in [6.07, 6.45) is 5.20. The molecule has 0 saturated carbocycles. The largest absolute Gasteiger partial charge is 0.444 e. The number of nitrogens with one attached hydrogen (secondary N) is 2. The van der Waals surface area contributed by atoms with Crippen molar-refractivity contribution >= 4 is 18.0 Å². The molecule has 2 fully saturated rings. The van der Waals surface area contributed by atoms with Crippen LogP contribution in [0.3, 0.4) is 0 Å². The molecule has 8 heteroatoms. The van der Waals surface area contributed by atoms with Gasteiger partial charge >= 0.3 is 6.09 Å². The molecule has 0 aromatic carbocycles. The Hall–Kier alpha value is -2.25. The number of hydrogen-bond acceptors (Lipinski definition) is 4. The van der Waals surface area contributed by atoms with Gasteiger partial charge in [0.25, 0.3) is 0 Å². The van der Waals surface area contributed by atoms with E-state index < -0.39 is 5.60 Å². The number of carbonyl (C=O) groups excluding carboxylic acids is 2. The highest BCUT2D eigenvalue weighted by Crippen LogP contribution is 2.36. The zero-order valence-corrected chi connectivity index (χ0v) is 17.8. The molecule has 2 heterocycles. The number of guanidine groups is 1. The summed E-state index contributed by atoms with van der Waals surface area (Å²) in [5.74, 6) is 0.546. The van der Waals surface area contributed by atoms with Crippen molar-refractivity contribution in [2.24, 2.45) is 4.99 Å². The molecule has 0 spiro atoms. The highest BCUT2D eigenvalue weighted by molar-refractivity contribution is 5.85. The van der Waals surface area contributed by atoms with Crippen LogP contribution in [-0.2, 0) is 9.53 Å². The van der Waals surface area contributed by atoms with Crippen molar-refractivity contribution < 1.29 is 14.3 Å². The molecule has 28 heavy (non-hydrogen) atoms. The number of hydrogen-bond donors (Lipinski definition) is 2. The van der Waals surface area contributed by atoms with Gasteiger partial charge in [-0.3, -0.25) is 4.79 Å². The van der Waals surface area contributed by atoms with Crippen LogP contribution in [-0.4, -0.2) is 78.7 Å². The zero-order chi connectivity index (χ0) is 20.9. The van der Waals surface area contributed by atoms with Gasteiger partial charge in [0.1, 0.15) is 12.1 Å². The third-order valence-corrected chi connectivity index (χ3v) is 4.96. The quantitative estimate of drug-likeness (QED) is 0.422. The molecular formula is C20H35N5O3. The minimum absolute atomic E-state index is 0.0560. The lowest BCUT2D eigenvalue weighted by atomic mass is 9.98. The molecule has 2 aliphatic heterocycles. The van der Waals surface area contributed by atoms with E-state index in [1.54, 1.807) is 20.2 Å². The van der Waals surface area contributed by atoms with E-state index in [1.807, 2.05) is 25.7 Å². The number of carbonyl (C=O) groups is 2. The minimum atomic E-state index is -0.487. The van der Waals surface area contributed by atoms with Crippen molar-refractivity contribution in [1.82, 2.24) is 20.4 Å². The number of aliphatic imine (C=N–C) groups is 1. The van der Waals surface area contributed by atoms with Crippen LogP contribution in [0.25, 0.3) is 0 Å². The van der Waals surface area contributed by atoms with E-state index in [9.17, 15) is 9.59 Å². The Morgan fingerprint density at radius 3 is 2.36 bits per heavy atom. The molecular weight excluding hydrogens is 358 g/mol. The summed E-state index contributed by atoms with van der Waals surface area (Å²) in [5.41, 5.74) is -0.487. The van der Waals surface area contributed by atoms with Gasteiger partial charge in [-0.05, 0) is 46.5 Å². The lowest BCUT2D eigenvalue weighted by Gasteiger charge is -2.40. The average molecular weight is 394 g/mol. The molecule has 2 N–H and O–H groups in total. The SMILES string of the molecule is C=CCNC(=NCC(=O)N(C)C)NC1CC2CCC(C1)N2C(=O)OC(C)(C)C. The van der Waals surface area contributed by atoms with E-state index >= 15 is 0 Å². The van der Waals surface area contributed by atoms with Crippen LogP contribution in [0.1, 0.15) is 46.5 Å². The number of nitrogens with zero attached hydrogens (tertiary/aromatic N) is 3. The van der Waals surface area contributed by atoms with Crippen molar-refractivity contribution in [2.45, 2.75) is 70.2 Å². The van der Waals surface area contributed by atoms with Crippen LogP contribution >= 0.6 is 0 Å². The van der Waals surface area contributed by atoms with Crippen LogP contribution in [0.5, 0.6) is 0 Å². The summed E-state index contributed by atoms with van der Waals surface area (Å²) in [6.45, 7) is 10.0. The second-order valence-corrected chi connectivity index (χ2v) is 8.71. The monoisotopic (exact) mass is 393 g/mol. The summed E-state index contributed by atoms with van der Waals surface area (Å²) >= 11 is 0. The summed E-state index contributed by atoms with van der Waals surface area (Å²) in [4.78, 5) is 32.3. The molecule has 2 bridgehead atoms. The van der Waals surface area contributed by atoms with Crippen LogP contribution < -0.4 is 10.6 Å². The molecule has 2 amide bonds. The molecule has 2 unspecified atom stereocenters. The molecule has 8 nitrogen and oxygen atoms in total. The number of fused-ring (bicyclic) bond motifs is 2. The summed E-state index contributed by atoms with van der Waals surface area (Å²) in [5, 5.41) is 6.61. The molecule has 2 aliphatic rings. The number of ether oxygens (including phenoxy) is 1. The van der Waals surface area contributed by atoms with Gasteiger partial charge in [0.2, 0.25) is 5.91 Å². The first-order chi connectivity index (χ1) is 13.1. The maximum atomic E-state index is 12.6. The Balaban J connectivity index is 1.99. The van der Waals surface area contributed by atoms with Crippen LogP contribution in [0.15, 0.2) is 17.6 Å². The first kappa shape index (κ1) is 22.0. The predicted octanol–water partition coefficient (Wildman–Crippen LogP) is 1.73. The Bertz CT molecular complexity index is 597. The fourth-order valence-corrected chi connectivity index (χ4v) is 3.71. The minimum Gasteiger partial charge on any atom is -0.444 e. The van der Waals surface area contributed by atoms with Gasteiger partial charge < -0.3 is 25.2 Å². The first-order valence-corrected chi connectivity index (χ1v) is 9.98. The predicted molar refractivity (Wildman–Crippen MR) is 110 cm³/mol. The maximum Gasteiger partial charge on any atom is 0.410 e. The normalized spacial score (nSPS) is 24.5. The number of likely N-dealkylation sites (N-methyl/N-ethyl adjacent to an activating group) is 1. The molecule has 0 aromatic rings. The Kier molecular flexibility index (Phi) is 7.32. The lowest BCUT2D eigenvalue weighted by molar-refractivity contribution is -0.127. The van der Waals surface area contributed by atoms with Crippen LogP contribution in [0.2, 0.25) is 0 Å². The molecule has 0 aromatic heterocycles. The van der Waals surface area contributed by atoms with Gasteiger partial charge in [-0.15, -0.1) is 6.58 Å². The fourth-order valence-electron chi connectivity index (χ4n) is 3.71. The number of rotatable bonds is 5. The second-order valence-electron chi connectivity index (χ2n) is 8.71. The van der Waals surface area contributed by atoms with Gasteiger partial charge in [0.05, 0.1) is 0 Å². The topological polar surface area (TPSA) is 86.3 Å². The van der Waals surface area contributed by atoms with Gasteiger partial charge in [0, 0.05) is 38.8 Å². The maximum absolute atomic E-state index is 12.6. The standard InChI is InChI=1S/C20H35N5O3/c1-7-10-21-18(22-13-17(26)24(5)6)23-14-11-15-8-9-16(12-14)25(15)19(27)28-20(2,3)4/h7,14-16H,1,8-13H2,2-6H3,(H2,21,22,23). The molecule has 2 atom stereocenters. The Labute approximate surface area is 168 Å². The summed E-state index contributed by atoms with van der Waals surface area (Å²) in [7, 11) is 3.43. The molecule has 0 aliphatic carbocycles. The molecule has 2 saturated heterocycles. The van der Waals surface area contributed by atoms with E-state index in [0.29, 0.717) is 12.5 Å². The molecule has 158 valence electrons. The smallest absolute Gasteiger partial charge is 0.410 e. The third kappa shape index (κ3) is 6.14. The van der Waals surface area contributed by atoms with Crippen molar-refractivity contribution in [2.75, 3.05) is 27.2 Å². The van der Waals surface area contributed by atoms with Crippen LogP contribution in [0.4, 0.5) is 4.79 Å². The van der Waals surface area contributed by atoms with E-state index in [2.05, 4.69) is 22.2 Å². The summed E-state index contributed by atoms with van der Waals surface area (Å²) in [6, 6.07) is 0.548. The Morgan fingerprint density at radius 2 is 1.86 bits per heavy atom. The lowest BCUT2D eigenvalue weighted by Crippen LogP contribution is -2.55. The zero-order valence-electron chi connectivity index (χ0n) is 17.8. The van der Waals surface area contributed by atoms with Gasteiger partial charge in [0.15, 0.2) is 5.96 Å². The van der Waals surface area contributed by atoms with Crippen molar-refractivity contribution in [3.63, 3.8) is 0 Å². The van der Waals surface area contributed by atoms with E-state index in [1.165, 1.54) is 4.90 Å². The summed E-state index contributed by atoms with van der Waals surface area (Å²) < 4.78 is 5.59. The van der Waals surface area contributed by atoms with E-state index in [-0.39, 0.29) is 36.7 Å². The Morgan fingerprint density at radius 1 is 1.25 bits per heavy atom.